The van der Waals surface area contributed by atoms with Crippen molar-refractivity contribution < 1.29 is 4.79 Å². The molecule has 1 saturated carbocycles. The summed E-state index contributed by atoms with van der Waals surface area (Å²) >= 11 is 0. The smallest absolute Gasteiger partial charge is 0.241 e. The minimum Gasteiger partial charge on any atom is -0.354 e. The topological polar surface area (TPSA) is 72.9 Å². The van der Waals surface area contributed by atoms with E-state index in [9.17, 15) is 4.79 Å². The van der Waals surface area contributed by atoms with Crippen molar-refractivity contribution in [3.8, 4) is 0 Å². The highest BCUT2D eigenvalue weighted by Gasteiger charge is 2.45. The Morgan fingerprint density at radius 2 is 2.28 bits per heavy atom. The van der Waals surface area contributed by atoms with Crippen molar-refractivity contribution in [3.05, 3.63) is 18.0 Å². The molecule has 0 saturated heterocycles. The maximum absolute atomic E-state index is 12.0. The number of nitrogens with two attached hydrogens (primary N) is 1. The van der Waals surface area contributed by atoms with Crippen molar-refractivity contribution in [2.45, 2.75) is 32.7 Å². The lowest BCUT2D eigenvalue weighted by molar-refractivity contribution is -0.122. The van der Waals surface area contributed by atoms with E-state index >= 15 is 0 Å². The van der Waals surface area contributed by atoms with Crippen molar-refractivity contribution >= 4 is 5.91 Å². The third kappa shape index (κ3) is 2.56. The molecular formula is C13H22N4O. The van der Waals surface area contributed by atoms with Gasteiger partial charge in [0.1, 0.15) is 6.04 Å². The number of rotatable bonds is 5. The summed E-state index contributed by atoms with van der Waals surface area (Å²) in [5, 5.41) is 7.00. The van der Waals surface area contributed by atoms with Gasteiger partial charge in [-0.05, 0) is 24.2 Å². The Labute approximate surface area is 108 Å². The van der Waals surface area contributed by atoms with E-state index in [2.05, 4.69) is 24.3 Å². The summed E-state index contributed by atoms with van der Waals surface area (Å²) in [5.41, 5.74) is 6.98. The van der Waals surface area contributed by atoms with Crippen LogP contribution in [0.4, 0.5) is 0 Å². The Morgan fingerprint density at radius 3 is 2.72 bits per heavy atom. The molecule has 0 aliphatic heterocycles. The third-order valence-corrected chi connectivity index (χ3v) is 4.10. The highest BCUT2D eigenvalue weighted by molar-refractivity contribution is 5.82. The Morgan fingerprint density at radius 1 is 1.61 bits per heavy atom. The second-order valence-electron chi connectivity index (χ2n) is 5.66. The summed E-state index contributed by atoms with van der Waals surface area (Å²) < 4.78 is 1.65. The number of carbonyl (C=O) groups is 1. The first-order chi connectivity index (χ1) is 8.44. The van der Waals surface area contributed by atoms with E-state index in [0.29, 0.717) is 11.3 Å². The highest BCUT2D eigenvalue weighted by atomic mass is 16.2. The molecule has 0 aromatic carbocycles. The Kier molecular flexibility index (Phi) is 3.43. The van der Waals surface area contributed by atoms with Gasteiger partial charge in [0.05, 0.1) is 6.20 Å². The van der Waals surface area contributed by atoms with Crippen LogP contribution >= 0.6 is 0 Å². The second-order valence-corrected chi connectivity index (χ2v) is 5.66. The van der Waals surface area contributed by atoms with Gasteiger partial charge in [-0.1, -0.05) is 13.8 Å². The lowest BCUT2D eigenvalue weighted by Crippen LogP contribution is -2.38. The number of amides is 1. The molecule has 100 valence electrons. The first kappa shape index (κ1) is 13.1. The van der Waals surface area contributed by atoms with Gasteiger partial charge >= 0.3 is 0 Å². The van der Waals surface area contributed by atoms with Gasteiger partial charge in [0.25, 0.3) is 0 Å². The summed E-state index contributed by atoms with van der Waals surface area (Å²) in [4.78, 5) is 12.0. The van der Waals surface area contributed by atoms with E-state index in [1.807, 2.05) is 7.05 Å². The zero-order valence-corrected chi connectivity index (χ0v) is 11.3. The van der Waals surface area contributed by atoms with Crippen LogP contribution in [-0.4, -0.2) is 22.2 Å². The van der Waals surface area contributed by atoms with Gasteiger partial charge in [-0.3, -0.25) is 9.48 Å². The maximum Gasteiger partial charge on any atom is 0.241 e. The van der Waals surface area contributed by atoms with Gasteiger partial charge in [-0.15, -0.1) is 0 Å². The summed E-state index contributed by atoms with van der Waals surface area (Å²) in [7, 11) is 1.81. The SMILES string of the molecule is CC(C)C1(CNC(=O)C(N)c2cnn(C)c2)CC1. The fraction of sp³-hybridized carbons (Fsp3) is 0.692. The molecule has 1 heterocycles. The predicted octanol–water partition coefficient (Wildman–Crippen LogP) is 0.972. The van der Waals surface area contributed by atoms with Gasteiger partial charge in [0.2, 0.25) is 5.91 Å². The minimum atomic E-state index is -0.623. The van der Waals surface area contributed by atoms with Crippen LogP contribution in [0.2, 0.25) is 0 Å². The summed E-state index contributed by atoms with van der Waals surface area (Å²) in [6, 6.07) is -0.623. The number of hydrogen-bond donors (Lipinski definition) is 2. The molecule has 0 spiro atoms. The molecule has 0 radical (unpaired) electrons. The van der Waals surface area contributed by atoms with Crippen molar-refractivity contribution in [1.82, 2.24) is 15.1 Å². The molecule has 5 heteroatoms. The summed E-state index contributed by atoms with van der Waals surface area (Å²) in [5.74, 6) is 0.488. The average molecular weight is 250 g/mol. The van der Waals surface area contributed by atoms with E-state index in [1.54, 1.807) is 17.1 Å². The van der Waals surface area contributed by atoms with Crippen LogP contribution in [0.1, 0.15) is 38.3 Å². The molecule has 1 atom stereocenters. The molecule has 1 fully saturated rings. The average Bonchev–Trinajstić information content (AvgIpc) is 3.01. The lowest BCUT2D eigenvalue weighted by Gasteiger charge is -2.21. The lowest BCUT2D eigenvalue weighted by atomic mass is 9.92. The van der Waals surface area contributed by atoms with Crippen molar-refractivity contribution in [2.75, 3.05) is 6.54 Å². The van der Waals surface area contributed by atoms with Crippen molar-refractivity contribution in [2.24, 2.45) is 24.1 Å². The number of aromatic nitrogens is 2. The molecule has 5 nitrogen and oxygen atoms in total. The quantitative estimate of drug-likeness (QED) is 0.818. The number of aryl methyl sites for hydroxylation is 1. The minimum absolute atomic E-state index is 0.116. The molecule has 3 N–H and O–H groups in total. The van der Waals surface area contributed by atoms with E-state index < -0.39 is 6.04 Å². The van der Waals surface area contributed by atoms with Crippen LogP contribution in [0, 0.1) is 11.3 Å². The van der Waals surface area contributed by atoms with Gasteiger partial charge in [-0.25, -0.2) is 0 Å². The van der Waals surface area contributed by atoms with Gasteiger partial charge in [-0.2, -0.15) is 5.10 Å². The fourth-order valence-corrected chi connectivity index (χ4v) is 2.24. The molecule has 1 aliphatic carbocycles. The van der Waals surface area contributed by atoms with Crippen LogP contribution in [0.15, 0.2) is 12.4 Å². The van der Waals surface area contributed by atoms with Crippen molar-refractivity contribution in [1.29, 1.82) is 0 Å². The summed E-state index contributed by atoms with van der Waals surface area (Å²) in [6.45, 7) is 5.15. The van der Waals surface area contributed by atoms with Crippen LogP contribution in [0.25, 0.3) is 0 Å². The van der Waals surface area contributed by atoms with Crippen LogP contribution in [-0.2, 0) is 11.8 Å². The molecule has 1 amide bonds. The zero-order chi connectivity index (χ0) is 13.3. The maximum atomic E-state index is 12.0. The number of carbonyl (C=O) groups excluding carboxylic acids is 1. The number of hydrogen-bond acceptors (Lipinski definition) is 3. The molecule has 1 unspecified atom stereocenters. The fourth-order valence-electron chi connectivity index (χ4n) is 2.24. The van der Waals surface area contributed by atoms with Crippen LogP contribution in [0.5, 0.6) is 0 Å². The largest absolute Gasteiger partial charge is 0.354 e. The van der Waals surface area contributed by atoms with E-state index in [1.165, 1.54) is 12.8 Å². The molecule has 1 aromatic rings. The van der Waals surface area contributed by atoms with E-state index in [-0.39, 0.29) is 5.91 Å². The van der Waals surface area contributed by atoms with Gasteiger partial charge < -0.3 is 11.1 Å². The Hall–Kier alpha value is -1.36. The standard InChI is InChI=1S/C13H22N4O/c1-9(2)13(4-5-13)8-15-12(18)11(14)10-6-16-17(3)7-10/h6-7,9,11H,4-5,8,14H2,1-3H3,(H,15,18). The molecule has 1 aromatic heterocycles. The monoisotopic (exact) mass is 250 g/mol. The summed E-state index contributed by atoms with van der Waals surface area (Å²) in [6.07, 6.45) is 5.82. The molecule has 1 aliphatic rings. The highest BCUT2D eigenvalue weighted by Crippen LogP contribution is 2.51. The molecular weight excluding hydrogens is 228 g/mol. The molecule has 0 bridgehead atoms. The van der Waals surface area contributed by atoms with Crippen LogP contribution < -0.4 is 11.1 Å². The zero-order valence-electron chi connectivity index (χ0n) is 11.3. The van der Waals surface area contributed by atoms with E-state index in [4.69, 9.17) is 5.73 Å². The predicted molar refractivity (Wildman–Crippen MR) is 69.7 cm³/mol. The van der Waals surface area contributed by atoms with Gasteiger partial charge in [0, 0.05) is 25.4 Å². The van der Waals surface area contributed by atoms with Crippen LogP contribution in [0.3, 0.4) is 0 Å². The van der Waals surface area contributed by atoms with Crippen molar-refractivity contribution in [3.63, 3.8) is 0 Å². The third-order valence-electron chi connectivity index (χ3n) is 4.10. The number of nitrogens with zero attached hydrogens (tertiary/aromatic N) is 2. The second kappa shape index (κ2) is 4.72. The molecule has 18 heavy (non-hydrogen) atoms. The molecule has 2 rings (SSSR count). The first-order valence-electron chi connectivity index (χ1n) is 6.46. The number of nitrogens with one attached hydrogen (secondary N) is 1. The van der Waals surface area contributed by atoms with Gasteiger partial charge in [0.15, 0.2) is 0 Å². The normalized spacial score (nSPS) is 18.7. The Balaban J connectivity index is 1.89. The van der Waals surface area contributed by atoms with E-state index in [0.717, 1.165) is 12.1 Å². The first-order valence-corrected chi connectivity index (χ1v) is 6.46. The Bertz CT molecular complexity index is 434.